The van der Waals surface area contributed by atoms with E-state index in [4.69, 9.17) is 4.74 Å². The zero-order chi connectivity index (χ0) is 21.1. The third-order valence-electron chi connectivity index (χ3n) is 6.69. The highest BCUT2D eigenvalue weighted by Gasteiger charge is 2.68. The number of benzene rings is 4. The van der Waals surface area contributed by atoms with E-state index in [1.165, 1.54) is 0 Å². The van der Waals surface area contributed by atoms with Gasteiger partial charge >= 0.3 is 5.97 Å². The first-order valence-electron chi connectivity index (χ1n) is 10.2. The Labute approximate surface area is 180 Å². The number of fused-ring (bicyclic) bond motifs is 4. The molecule has 1 aliphatic heterocycles. The second-order valence-corrected chi connectivity index (χ2v) is 7.95. The van der Waals surface area contributed by atoms with Crippen LogP contribution < -0.4 is 4.74 Å². The fourth-order valence-corrected chi connectivity index (χ4v) is 5.53. The Hall–Kier alpha value is -4.16. The molecule has 3 nitrogen and oxygen atoms in total. The Morgan fingerprint density at radius 3 is 1.77 bits per heavy atom. The molecule has 0 saturated carbocycles. The molecule has 0 saturated heterocycles. The van der Waals surface area contributed by atoms with Crippen molar-refractivity contribution in [2.24, 2.45) is 0 Å². The predicted octanol–water partition coefficient (Wildman–Crippen LogP) is 5.38. The smallest absolute Gasteiger partial charge is 0.329 e. The van der Waals surface area contributed by atoms with Crippen LogP contribution in [0.5, 0.6) is 5.75 Å². The summed E-state index contributed by atoms with van der Waals surface area (Å²) in [5.41, 5.74) is 2.48. The Bertz CT molecular complexity index is 1350. The quantitative estimate of drug-likeness (QED) is 0.336. The molecule has 1 unspecified atom stereocenters. The van der Waals surface area contributed by atoms with Gasteiger partial charge in [0.2, 0.25) is 0 Å². The molecule has 1 aliphatic carbocycles. The molecule has 0 aromatic heterocycles. The highest BCUT2D eigenvalue weighted by molar-refractivity contribution is 6.01. The lowest BCUT2D eigenvalue weighted by atomic mass is 9.54. The van der Waals surface area contributed by atoms with Crippen LogP contribution in [0.2, 0.25) is 0 Å². The van der Waals surface area contributed by atoms with Crippen molar-refractivity contribution in [3.05, 3.63) is 125 Å². The number of para-hydroxylation sites is 1. The Morgan fingerprint density at radius 1 is 0.645 bits per heavy atom. The molecule has 146 valence electrons. The molecule has 1 heterocycles. The van der Waals surface area contributed by atoms with Gasteiger partial charge in [-0.15, -0.1) is 0 Å². The number of carbonyl (C=O) groups is 1. The van der Waals surface area contributed by atoms with Crippen LogP contribution >= 0.6 is 0 Å². The van der Waals surface area contributed by atoms with Crippen molar-refractivity contribution in [3.8, 4) is 22.9 Å². The lowest BCUT2D eigenvalue weighted by Gasteiger charge is -2.41. The van der Waals surface area contributed by atoms with E-state index in [-0.39, 0.29) is 0 Å². The second kappa shape index (κ2) is 6.17. The molecule has 6 rings (SSSR count). The minimum absolute atomic E-state index is 0.423. The van der Waals surface area contributed by atoms with Gasteiger partial charge in [0.1, 0.15) is 16.6 Å². The molecule has 0 fully saturated rings. The molecule has 0 spiro atoms. The Morgan fingerprint density at radius 2 is 1.16 bits per heavy atom. The largest absolute Gasteiger partial charge is 0.425 e. The van der Waals surface area contributed by atoms with Gasteiger partial charge in [-0.25, -0.2) is 0 Å². The normalized spacial score (nSPS) is 19.6. The average Bonchev–Trinajstić information content (AvgIpc) is 3.30. The lowest BCUT2D eigenvalue weighted by molar-refractivity contribution is -0.138. The van der Waals surface area contributed by atoms with E-state index in [2.05, 4.69) is 6.07 Å². The fourth-order valence-electron chi connectivity index (χ4n) is 5.53. The number of esters is 1. The standard InChI is InChI=1S/C28H17NO2/c29-18-27(22-14-6-4-12-20(22)21-13-5-7-15-23(21)27)28(19-10-2-1-3-11-19)24-16-8-9-17-25(24)31-26(28)30/h1-17H. The van der Waals surface area contributed by atoms with E-state index in [9.17, 15) is 10.1 Å². The molecular formula is C28H17NO2. The summed E-state index contributed by atoms with van der Waals surface area (Å²) in [5.74, 6) is 0.0841. The topological polar surface area (TPSA) is 50.1 Å². The van der Waals surface area contributed by atoms with Crippen LogP contribution in [0.4, 0.5) is 0 Å². The number of hydrogen-bond acceptors (Lipinski definition) is 3. The molecule has 4 aromatic carbocycles. The molecule has 0 amide bonds. The van der Waals surface area contributed by atoms with E-state index in [1.54, 1.807) is 6.07 Å². The first-order valence-corrected chi connectivity index (χ1v) is 10.2. The summed E-state index contributed by atoms with van der Waals surface area (Å²) in [6, 6.07) is 35.5. The fraction of sp³-hybridized carbons (Fsp3) is 0.0714. The predicted molar refractivity (Wildman–Crippen MR) is 118 cm³/mol. The lowest BCUT2D eigenvalue weighted by Crippen LogP contribution is -2.53. The molecule has 31 heavy (non-hydrogen) atoms. The van der Waals surface area contributed by atoms with Crippen molar-refractivity contribution in [1.29, 1.82) is 5.26 Å². The van der Waals surface area contributed by atoms with Gasteiger partial charge in [-0.1, -0.05) is 97.1 Å². The summed E-state index contributed by atoms with van der Waals surface area (Å²) in [4.78, 5) is 14.0. The Balaban J connectivity index is 1.85. The molecule has 3 heteroatoms. The first kappa shape index (κ1) is 17.7. The average molecular weight is 399 g/mol. The number of hydrogen-bond donors (Lipinski definition) is 0. The zero-order valence-corrected chi connectivity index (χ0v) is 16.6. The minimum Gasteiger partial charge on any atom is -0.425 e. The second-order valence-electron chi connectivity index (χ2n) is 7.95. The van der Waals surface area contributed by atoms with Crippen LogP contribution in [0.1, 0.15) is 22.3 Å². The first-order chi connectivity index (χ1) is 15.2. The maximum Gasteiger partial charge on any atom is 0.329 e. The molecule has 0 bridgehead atoms. The molecular weight excluding hydrogens is 382 g/mol. The van der Waals surface area contributed by atoms with Crippen LogP contribution in [0.25, 0.3) is 11.1 Å². The monoisotopic (exact) mass is 399 g/mol. The summed E-state index contributed by atoms with van der Waals surface area (Å²) < 4.78 is 5.86. The summed E-state index contributed by atoms with van der Waals surface area (Å²) in [6.45, 7) is 0. The highest BCUT2D eigenvalue weighted by atomic mass is 16.5. The molecule has 0 radical (unpaired) electrons. The number of carbonyl (C=O) groups excluding carboxylic acids is 1. The Kier molecular flexibility index (Phi) is 3.52. The summed E-state index contributed by atoms with van der Waals surface area (Å²) in [6.07, 6.45) is 0. The van der Waals surface area contributed by atoms with Crippen LogP contribution in [0, 0.1) is 11.3 Å². The minimum atomic E-state index is -1.33. The van der Waals surface area contributed by atoms with E-state index in [1.807, 2.05) is 97.1 Å². The van der Waals surface area contributed by atoms with Crippen molar-refractivity contribution in [2.45, 2.75) is 10.8 Å². The highest BCUT2D eigenvalue weighted by Crippen LogP contribution is 2.63. The van der Waals surface area contributed by atoms with Gasteiger partial charge < -0.3 is 4.74 Å². The summed E-state index contributed by atoms with van der Waals surface area (Å²) in [5, 5.41) is 11.0. The van der Waals surface area contributed by atoms with Gasteiger partial charge in [0.25, 0.3) is 0 Å². The third kappa shape index (κ3) is 1.95. The number of rotatable bonds is 2. The van der Waals surface area contributed by atoms with Crippen molar-refractivity contribution in [2.75, 3.05) is 0 Å². The van der Waals surface area contributed by atoms with Crippen LogP contribution in [0.15, 0.2) is 103 Å². The number of nitriles is 1. The van der Waals surface area contributed by atoms with Gasteiger partial charge in [-0.3, -0.25) is 4.79 Å². The SMILES string of the molecule is N#CC1(C2(c3ccccc3)C(=O)Oc3ccccc32)c2ccccc2-c2ccccc21. The van der Waals surface area contributed by atoms with Crippen molar-refractivity contribution in [3.63, 3.8) is 0 Å². The third-order valence-corrected chi connectivity index (χ3v) is 6.69. The van der Waals surface area contributed by atoms with Crippen molar-refractivity contribution in [1.82, 2.24) is 0 Å². The molecule has 1 atom stereocenters. The van der Waals surface area contributed by atoms with E-state index >= 15 is 0 Å². The molecule has 2 aliphatic rings. The van der Waals surface area contributed by atoms with E-state index < -0.39 is 16.8 Å². The van der Waals surface area contributed by atoms with Crippen molar-refractivity contribution < 1.29 is 9.53 Å². The van der Waals surface area contributed by atoms with Crippen LogP contribution in [0.3, 0.4) is 0 Å². The number of ether oxygens (including phenoxy) is 1. The van der Waals surface area contributed by atoms with Gasteiger partial charge in [-0.2, -0.15) is 5.26 Å². The summed E-state index contributed by atoms with van der Waals surface area (Å²) in [7, 11) is 0. The maximum absolute atomic E-state index is 14.0. The molecule has 4 aromatic rings. The van der Waals surface area contributed by atoms with Crippen molar-refractivity contribution >= 4 is 5.97 Å². The van der Waals surface area contributed by atoms with Gasteiger partial charge in [-0.05, 0) is 33.9 Å². The summed E-state index contributed by atoms with van der Waals surface area (Å²) >= 11 is 0. The van der Waals surface area contributed by atoms with Gasteiger partial charge in [0.05, 0.1) is 6.07 Å². The van der Waals surface area contributed by atoms with Gasteiger partial charge in [0, 0.05) is 5.56 Å². The van der Waals surface area contributed by atoms with E-state index in [0.717, 1.165) is 33.4 Å². The van der Waals surface area contributed by atoms with Gasteiger partial charge in [0.15, 0.2) is 0 Å². The van der Waals surface area contributed by atoms with Crippen LogP contribution in [-0.4, -0.2) is 5.97 Å². The van der Waals surface area contributed by atoms with E-state index in [0.29, 0.717) is 5.75 Å². The molecule has 0 N–H and O–H groups in total. The maximum atomic E-state index is 14.0. The number of nitrogens with zero attached hydrogens (tertiary/aromatic N) is 1. The van der Waals surface area contributed by atoms with Crippen LogP contribution in [-0.2, 0) is 15.6 Å². The zero-order valence-electron chi connectivity index (χ0n) is 16.6.